The third kappa shape index (κ3) is 4.61. The first-order valence-electron chi connectivity index (χ1n) is 11.6. The van der Waals surface area contributed by atoms with Crippen LogP contribution in [0.4, 0.5) is 0 Å². The zero-order valence-electron chi connectivity index (χ0n) is 19.4. The van der Waals surface area contributed by atoms with Gasteiger partial charge in [-0.1, -0.05) is 73.8 Å². The molecule has 0 nitrogen and oxygen atoms in total. The Morgan fingerprint density at radius 3 is 0.861 bits per heavy atom. The molecule has 4 heteroatoms. The van der Waals surface area contributed by atoms with Crippen molar-refractivity contribution in [2.45, 2.75) is 0 Å². The van der Waals surface area contributed by atoms with Gasteiger partial charge in [0, 0.05) is 39.0 Å². The normalized spacial score (nSPS) is 11.0. The molecular weight excluding hydrogens is 513 g/mol. The molecule has 0 N–H and O–H groups in total. The van der Waals surface area contributed by atoms with E-state index in [-0.39, 0.29) is 0 Å². The third-order valence-electron chi connectivity index (χ3n) is 6.01. The maximum absolute atomic E-state index is 3.84. The molecule has 0 radical (unpaired) electrons. The average Bonchev–Trinajstić information content (AvgIpc) is 3.74. The van der Waals surface area contributed by atoms with Crippen molar-refractivity contribution < 1.29 is 0 Å². The van der Waals surface area contributed by atoms with Crippen molar-refractivity contribution in [1.29, 1.82) is 0 Å². The molecule has 4 aromatic heterocycles. The fraction of sp³-hybridized carbons (Fsp3) is 0. The van der Waals surface area contributed by atoms with Gasteiger partial charge in [0.2, 0.25) is 0 Å². The van der Waals surface area contributed by atoms with Gasteiger partial charge in [-0.25, -0.2) is 0 Å². The lowest BCUT2D eigenvalue weighted by Gasteiger charge is -1.98. The maximum atomic E-state index is 3.84. The molecule has 0 saturated heterocycles. The summed E-state index contributed by atoms with van der Waals surface area (Å²) in [6.07, 6.45) is 3.76. The number of thiophene rings is 4. The Balaban J connectivity index is 1.21. The first-order chi connectivity index (χ1) is 17.7. The smallest absolute Gasteiger partial charge is 0.0449 e. The monoisotopic (exact) mass is 534 g/mol. The number of benzene rings is 2. The van der Waals surface area contributed by atoms with Crippen LogP contribution in [0.15, 0.2) is 110 Å². The molecule has 0 saturated carbocycles. The topological polar surface area (TPSA) is 0 Å². The van der Waals surface area contributed by atoms with Crippen LogP contribution in [0.2, 0.25) is 0 Å². The standard InChI is InChI=1S/C32H22S4/c1-3-21-5-9-23(10-6-21)25-13-15-27(33-25)29-17-19-31(35-29)32-20-18-30(36-32)28-16-14-26(34-28)24-11-7-22(4-2)8-12-24/h3-20H,1-2H2. The van der Waals surface area contributed by atoms with E-state index in [1.807, 2.05) is 57.5 Å². The average molecular weight is 535 g/mol. The quantitative estimate of drug-likeness (QED) is 0.191. The second kappa shape index (κ2) is 10.00. The summed E-state index contributed by atoms with van der Waals surface area (Å²) < 4.78 is 0. The summed E-state index contributed by atoms with van der Waals surface area (Å²) in [6, 6.07) is 35.1. The van der Waals surface area contributed by atoms with Crippen LogP contribution in [-0.2, 0) is 0 Å². The Hall–Kier alpha value is -3.28. The molecule has 6 rings (SSSR count). The molecule has 0 amide bonds. The first-order valence-corrected chi connectivity index (χ1v) is 14.8. The minimum atomic E-state index is 1.15. The zero-order valence-corrected chi connectivity index (χ0v) is 22.7. The number of hydrogen-bond donors (Lipinski definition) is 0. The van der Waals surface area contributed by atoms with Gasteiger partial charge in [-0.3, -0.25) is 0 Å². The van der Waals surface area contributed by atoms with Crippen molar-refractivity contribution in [2.75, 3.05) is 0 Å². The lowest BCUT2D eigenvalue weighted by Crippen LogP contribution is -1.73. The van der Waals surface area contributed by atoms with Gasteiger partial charge in [-0.2, -0.15) is 0 Å². The fourth-order valence-corrected chi connectivity index (χ4v) is 8.33. The molecule has 2 aromatic carbocycles. The van der Waals surface area contributed by atoms with E-state index < -0.39 is 0 Å². The first kappa shape index (κ1) is 23.1. The van der Waals surface area contributed by atoms with Gasteiger partial charge in [0.05, 0.1) is 0 Å². The van der Waals surface area contributed by atoms with Crippen molar-refractivity contribution in [3.05, 3.63) is 121 Å². The van der Waals surface area contributed by atoms with Crippen molar-refractivity contribution >= 4 is 57.5 Å². The Morgan fingerprint density at radius 2 is 0.583 bits per heavy atom. The van der Waals surface area contributed by atoms with Crippen LogP contribution >= 0.6 is 45.3 Å². The minimum absolute atomic E-state index is 1.15. The Kier molecular flexibility index (Phi) is 6.43. The van der Waals surface area contributed by atoms with Crippen LogP contribution in [0.3, 0.4) is 0 Å². The predicted molar refractivity (Wildman–Crippen MR) is 165 cm³/mol. The van der Waals surface area contributed by atoms with Crippen molar-refractivity contribution in [2.24, 2.45) is 0 Å². The van der Waals surface area contributed by atoms with Crippen LogP contribution in [0.5, 0.6) is 0 Å². The van der Waals surface area contributed by atoms with E-state index in [2.05, 4.69) is 110 Å². The Bertz CT molecular complexity index is 1520. The van der Waals surface area contributed by atoms with Gasteiger partial charge in [0.15, 0.2) is 0 Å². The summed E-state index contributed by atoms with van der Waals surface area (Å²) in [6.45, 7) is 7.69. The Morgan fingerprint density at radius 1 is 0.333 bits per heavy atom. The highest BCUT2D eigenvalue weighted by atomic mass is 32.1. The van der Waals surface area contributed by atoms with E-state index in [0.29, 0.717) is 0 Å². The van der Waals surface area contributed by atoms with Crippen LogP contribution in [0, 0.1) is 0 Å². The molecule has 174 valence electrons. The van der Waals surface area contributed by atoms with E-state index in [9.17, 15) is 0 Å². The summed E-state index contributed by atoms with van der Waals surface area (Å²) in [5.41, 5.74) is 4.80. The molecule has 0 aliphatic carbocycles. The molecule has 0 aliphatic heterocycles. The van der Waals surface area contributed by atoms with Gasteiger partial charge in [-0.05, 0) is 70.8 Å². The summed E-state index contributed by atoms with van der Waals surface area (Å²) in [4.78, 5) is 10.5. The van der Waals surface area contributed by atoms with E-state index in [4.69, 9.17) is 0 Å². The molecule has 0 aliphatic rings. The highest BCUT2D eigenvalue weighted by molar-refractivity contribution is 7.29. The Labute approximate surface area is 227 Å². The van der Waals surface area contributed by atoms with Crippen molar-refractivity contribution in [3.8, 4) is 50.1 Å². The largest absolute Gasteiger partial charge is 0.134 e. The lowest BCUT2D eigenvalue weighted by molar-refractivity contribution is 1.66. The molecule has 0 unspecified atom stereocenters. The summed E-state index contributed by atoms with van der Waals surface area (Å²) in [5, 5.41) is 0. The van der Waals surface area contributed by atoms with Gasteiger partial charge >= 0.3 is 0 Å². The zero-order chi connectivity index (χ0) is 24.5. The van der Waals surface area contributed by atoms with Crippen LogP contribution in [-0.4, -0.2) is 0 Å². The summed E-state index contributed by atoms with van der Waals surface area (Å²) in [7, 11) is 0. The van der Waals surface area contributed by atoms with Crippen molar-refractivity contribution in [3.63, 3.8) is 0 Å². The molecule has 0 atom stereocenters. The fourth-order valence-electron chi connectivity index (χ4n) is 4.02. The SMILES string of the molecule is C=Cc1ccc(-c2ccc(-c3ccc(-c4ccc(-c5ccc(-c6ccc(C=C)cc6)s5)s4)s3)s2)cc1. The highest BCUT2D eigenvalue weighted by Gasteiger charge is 2.12. The number of hydrogen-bond acceptors (Lipinski definition) is 4. The summed E-state index contributed by atoms with van der Waals surface area (Å²) >= 11 is 7.44. The number of rotatable bonds is 7. The molecule has 0 bridgehead atoms. The van der Waals surface area contributed by atoms with Gasteiger partial charge < -0.3 is 0 Å². The summed E-state index contributed by atoms with van der Waals surface area (Å²) in [5.74, 6) is 0. The van der Waals surface area contributed by atoms with E-state index >= 15 is 0 Å². The molecular formula is C32H22S4. The minimum Gasteiger partial charge on any atom is -0.134 e. The van der Waals surface area contributed by atoms with E-state index in [0.717, 1.165) is 11.1 Å². The third-order valence-corrected chi connectivity index (χ3v) is 11.0. The van der Waals surface area contributed by atoms with E-state index in [1.165, 1.54) is 50.1 Å². The molecule has 0 fully saturated rings. The van der Waals surface area contributed by atoms with Gasteiger partial charge in [0.1, 0.15) is 0 Å². The second-order valence-electron chi connectivity index (χ2n) is 8.31. The predicted octanol–water partition coefficient (Wildman–Crippen LogP) is 11.6. The van der Waals surface area contributed by atoms with Crippen LogP contribution in [0.25, 0.3) is 62.3 Å². The van der Waals surface area contributed by atoms with Gasteiger partial charge in [0.25, 0.3) is 0 Å². The molecule has 0 spiro atoms. The molecule has 6 aromatic rings. The highest BCUT2D eigenvalue weighted by Crippen LogP contribution is 2.44. The van der Waals surface area contributed by atoms with Crippen LogP contribution in [0.1, 0.15) is 11.1 Å². The van der Waals surface area contributed by atoms with Crippen LogP contribution < -0.4 is 0 Å². The van der Waals surface area contributed by atoms with E-state index in [1.54, 1.807) is 0 Å². The molecule has 36 heavy (non-hydrogen) atoms. The maximum Gasteiger partial charge on any atom is 0.0449 e. The molecule has 4 heterocycles. The van der Waals surface area contributed by atoms with Gasteiger partial charge in [-0.15, -0.1) is 45.3 Å². The second-order valence-corrected chi connectivity index (χ2v) is 12.6. The lowest BCUT2D eigenvalue weighted by atomic mass is 10.1. The van der Waals surface area contributed by atoms with Crippen molar-refractivity contribution in [1.82, 2.24) is 0 Å².